The maximum atomic E-state index is 11.7. The van der Waals surface area contributed by atoms with Gasteiger partial charge in [0.15, 0.2) is 0 Å². The van der Waals surface area contributed by atoms with Crippen molar-refractivity contribution in [3.8, 4) is 0 Å². The lowest BCUT2D eigenvalue weighted by Gasteiger charge is -2.37. The van der Waals surface area contributed by atoms with Crippen molar-refractivity contribution in [1.29, 1.82) is 0 Å². The summed E-state index contributed by atoms with van der Waals surface area (Å²) in [5.74, 6) is 0.455. The number of rotatable bonds is 10. The Labute approximate surface area is 126 Å². The monoisotopic (exact) mass is 285 g/mol. The summed E-state index contributed by atoms with van der Waals surface area (Å²) in [6.45, 7) is 13.3. The molecule has 1 unspecified atom stereocenters. The molecule has 0 N–H and O–H groups in total. The molecular weight excluding hydrogens is 250 g/mol. The molecule has 3 heteroatoms. The molecule has 0 rings (SSSR count). The Hall–Kier alpha value is -0.410. The van der Waals surface area contributed by atoms with E-state index in [4.69, 9.17) is 4.74 Å². The first-order valence-corrected chi connectivity index (χ1v) is 7.88. The molecule has 0 radical (unpaired) electrons. The van der Waals surface area contributed by atoms with Crippen LogP contribution in [0.1, 0.15) is 67.2 Å². The summed E-state index contributed by atoms with van der Waals surface area (Å²) in [5, 5.41) is 0. The van der Waals surface area contributed by atoms with Crippen LogP contribution < -0.4 is 0 Å². The summed E-state index contributed by atoms with van der Waals surface area (Å²) in [4.78, 5) is 14.0. The Morgan fingerprint density at radius 3 is 2.10 bits per heavy atom. The third-order valence-electron chi connectivity index (χ3n) is 4.59. The van der Waals surface area contributed by atoms with Crippen LogP contribution in [0, 0.1) is 5.92 Å². The number of carbonyl (C=O) groups is 1. The van der Waals surface area contributed by atoms with Gasteiger partial charge in [-0.05, 0) is 54.1 Å². The van der Waals surface area contributed by atoms with Gasteiger partial charge in [0.25, 0.3) is 0 Å². The summed E-state index contributed by atoms with van der Waals surface area (Å²) in [6.07, 6.45) is 3.53. The zero-order valence-corrected chi connectivity index (χ0v) is 14.9. The van der Waals surface area contributed by atoms with E-state index in [0.717, 1.165) is 25.9 Å². The number of carbonyl (C=O) groups excluding carboxylic acids is 1. The normalized spacial score (nSPS) is 15.7. The molecular formula is C17H35NO2. The van der Waals surface area contributed by atoms with Gasteiger partial charge in [-0.3, -0.25) is 4.79 Å². The molecule has 20 heavy (non-hydrogen) atoms. The lowest BCUT2D eigenvalue weighted by Crippen LogP contribution is -2.42. The zero-order valence-electron chi connectivity index (χ0n) is 14.9. The summed E-state index contributed by atoms with van der Waals surface area (Å²) in [5.41, 5.74) is -0.0324. The van der Waals surface area contributed by atoms with Crippen molar-refractivity contribution in [3.63, 3.8) is 0 Å². The van der Waals surface area contributed by atoms with E-state index in [2.05, 4.69) is 46.7 Å². The standard InChI is InChI=1S/C17H35NO2/c1-9-17(6,18(7)8)12-13-20-16(4,5)11-10-15(19)14(2)3/h14H,9-13H2,1-8H3. The maximum Gasteiger partial charge on any atom is 0.135 e. The van der Waals surface area contributed by atoms with Crippen molar-refractivity contribution >= 4 is 5.78 Å². The van der Waals surface area contributed by atoms with Gasteiger partial charge in [0.1, 0.15) is 5.78 Å². The average Bonchev–Trinajstić information content (AvgIpc) is 2.35. The van der Waals surface area contributed by atoms with Crippen molar-refractivity contribution < 1.29 is 9.53 Å². The third kappa shape index (κ3) is 6.85. The van der Waals surface area contributed by atoms with Gasteiger partial charge in [-0.15, -0.1) is 0 Å². The zero-order chi connectivity index (χ0) is 16.0. The smallest absolute Gasteiger partial charge is 0.135 e. The van der Waals surface area contributed by atoms with Gasteiger partial charge in [-0.2, -0.15) is 0 Å². The summed E-state index contributed by atoms with van der Waals surface area (Å²) < 4.78 is 6.03. The Morgan fingerprint density at radius 1 is 1.15 bits per heavy atom. The first-order valence-electron chi connectivity index (χ1n) is 7.88. The molecule has 0 bridgehead atoms. The van der Waals surface area contributed by atoms with Crippen LogP contribution in [0.3, 0.4) is 0 Å². The van der Waals surface area contributed by atoms with E-state index in [9.17, 15) is 4.79 Å². The molecule has 0 spiro atoms. The minimum absolute atomic E-state index is 0.128. The van der Waals surface area contributed by atoms with E-state index < -0.39 is 0 Å². The summed E-state index contributed by atoms with van der Waals surface area (Å²) in [7, 11) is 4.24. The summed E-state index contributed by atoms with van der Waals surface area (Å²) >= 11 is 0. The number of hydrogen-bond acceptors (Lipinski definition) is 3. The van der Waals surface area contributed by atoms with Gasteiger partial charge >= 0.3 is 0 Å². The minimum atomic E-state index is -0.217. The highest BCUT2D eigenvalue weighted by Gasteiger charge is 2.26. The molecule has 0 saturated carbocycles. The first-order chi connectivity index (χ1) is 9.04. The fraction of sp³-hybridized carbons (Fsp3) is 0.941. The van der Waals surface area contributed by atoms with E-state index in [1.807, 2.05) is 13.8 Å². The molecule has 0 saturated heterocycles. The molecule has 0 amide bonds. The highest BCUT2D eigenvalue weighted by molar-refractivity contribution is 5.80. The van der Waals surface area contributed by atoms with Crippen molar-refractivity contribution in [3.05, 3.63) is 0 Å². The number of Topliss-reactive ketones (excluding diaryl/α,β-unsaturated/α-hetero) is 1. The van der Waals surface area contributed by atoms with Crippen molar-refractivity contribution in [2.24, 2.45) is 5.92 Å². The topological polar surface area (TPSA) is 29.5 Å². The fourth-order valence-corrected chi connectivity index (χ4v) is 2.05. The Kier molecular flexibility index (Phi) is 7.97. The Balaban J connectivity index is 4.19. The van der Waals surface area contributed by atoms with Gasteiger partial charge in [0.05, 0.1) is 5.60 Å². The van der Waals surface area contributed by atoms with Crippen LogP contribution in [0.5, 0.6) is 0 Å². The van der Waals surface area contributed by atoms with Crippen LogP contribution in [0.2, 0.25) is 0 Å². The predicted octanol–water partition coefficient (Wildman–Crippen LogP) is 3.91. The molecule has 0 aromatic rings. The van der Waals surface area contributed by atoms with Crippen LogP contribution in [-0.4, -0.2) is 42.5 Å². The largest absolute Gasteiger partial charge is 0.375 e. The highest BCUT2D eigenvalue weighted by atomic mass is 16.5. The second kappa shape index (κ2) is 8.14. The minimum Gasteiger partial charge on any atom is -0.375 e. The molecule has 0 aliphatic rings. The molecule has 1 atom stereocenters. The first kappa shape index (κ1) is 19.6. The van der Waals surface area contributed by atoms with Crippen molar-refractivity contribution in [2.75, 3.05) is 20.7 Å². The second-order valence-corrected chi connectivity index (χ2v) is 7.22. The highest BCUT2D eigenvalue weighted by Crippen LogP contribution is 2.24. The van der Waals surface area contributed by atoms with E-state index in [0.29, 0.717) is 12.2 Å². The predicted molar refractivity (Wildman–Crippen MR) is 86.1 cm³/mol. The fourth-order valence-electron chi connectivity index (χ4n) is 2.05. The molecule has 3 nitrogen and oxygen atoms in total. The molecule has 0 aliphatic heterocycles. The van der Waals surface area contributed by atoms with Crippen LogP contribution in [0.15, 0.2) is 0 Å². The number of ketones is 1. The van der Waals surface area contributed by atoms with Crippen LogP contribution in [0.4, 0.5) is 0 Å². The molecule has 0 fully saturated rings. The summed E-state index contributed by atoms with van der Waals surface area (Å²) in [6, 6.07) is 0. The van der Waals surface area contributed by atoms with E-state index in [-0.39, 0.29) is 17.1 Å². The molecule has 0 heterocycles. The van der Waals surface area contributed by atoms with Gasteiger partial charge in [0, 0.05) is 24.5 Å². The quantitative estimate of drug-likeness (QED) is 0.609. The SMILES string of the molecule is CCC(C)(CCOC(C)(C)CCC(=O)C(C)C)N(C)C. The Bertz CT molecular complexity index is 297. The molecule has 0 aromatic carbocycles. The molecule has 120 valence electrons. The number of hydrogen-bond donors (Lipinski definition) is 0. The van der Waals surface area contributed by atoms with Gasteiger partial charge in [0.2, 0.25) is 0 Å². The lowest BCUT2D eigenvalue weighted by atomic mass is 9.93. The number of ether oxygens (including phenoxy) is 1. The van der Waals surface area contributed by atoms with Crippen LogP contribution in [-0.2, 0) is 9.53 Å². The second-order valence-electron chi connectivity index (χ2n) is 7.22. The lowest BCUT2D eigenvalue weighted by molar-refractivity contribution is -0.123. The number of nitrogens with zero attached hydrogens (tertiary/aromatic N) is 1. The maximum absolute atomic E-state index is 11.7. The van der Waals surface area contributed by atoms with Gasteiger partial charge in [-0.25, -0.2) is 0 Å². The molecule has 0 aliphatic carbocycles. The van der Waals surface area contributed by atoms with E-state index >= 15 is 0 Å². The van der Waals surface area contributed by atoms with Crippen molar-refractivity contribution in [2.45, 2.75) is 78.4 Å². The Morgan fingerprint density at radius 2 is 1.70 bits per heavy atom. The molecule has 0 aromatic heterocycles. The van der Waals surface area contributed by atoms with Gasteiger partial charge in [-0.1, -0.05) is 20.8 Å². The van der Waals surface area contributed by atoms with Crippen LogP contribution >= 0.6 is 0 Å². The van der Waals surface area contributed by atoms with Crippen LogP contribution in [0.25, 0.3) is 0 Å². The third-order valence-corrected chi connectivity index (χ3v) is 4.59. The average molecular weight is 285 g/mol. The van der Waals surface area contributed by atoms with E-state index in [1.165, 1.54) is 0 Å². The van der Waals surface area contributed by atoms with Crippen molar-refractivity contribution in [1.82, 2.24) is 4.90 Å². The van der Waals surface area contributed by atoms with Gasteiger partial charge < -0.3 is 9.64 Å². The van der Waals surface area contributed by atoms with E-state index in [1.54, 1.807) is 0 Å².